The fourth-order valence-electron chi connectivity index (χ4n) is 3.62. The Hall–Kier alpha value is -2.83. The van der Waals surface area contributed by atoms with Crippen LogP contribution in [0.25, 0.3) is 11.0 Å². The van der Waals surface area contributed by atoms with Crippen molar-refractivity contribution in [1.82, 2.24) is 10.6 Å². The van der Waals surface area contributed by atoms with Crippen LogP contribution in [0.15, 0.2) is 59.0 Å². The van der Waals surface area contributed by atoms with Gasteiger partial charge in [-0.25, -0.2) is 0 Å². The average molecular weight is 428 g/mol. The molecule has 0 spiro atoms. The second-order valence-electron chi connectivity index (χ2n) is 7.47. The zero-order valence-electron chi connectivity index (χ0n) is 16.6. The van der Waals surface area contributed by atoms with Gasteiger partial charge in [0.25, 0.3) is 5.91 Å². The van der Waals surface area contributed by atoms with Crippen LogP contribution in [0, 0.1) is 5.92 Å². The van der Waals surface area contributed by atoms with Crippen LogP contribution in [0.4, 0.5) is 5.69 Å². The van der Waals surface area contributed by atoms with Gasteiger partial charge in [-0.1, -0.05) is 30.3 Å². The molecule has 0 bridgehead atoms. The third-order valence-corrected chi connectivity index (χ3v) is 5.26. The number of hydrogen-bond donors (Lipinski definition) is 3. The molecule has 0 saturated carbocycles. The third-order valence-electron chi connectivity index (χ3n) is 5.26. The maximum atomic E-state index is 12.4. The van der Waals surface area contributed by atoms with Gasteiger partial charge in [0, 0.05) is 17.6 Å². The van der Waals surface area contributed by atoms with Crippen molar-refractivity contribution in [2.75, 3.05) is 25.0 Å². The van der Waals surface area contributed by atoms with E-state index in [1.54, 1.807) is 18.2 Å². The number of amides is 2. The summed E-state index contributed by atoms with van der Waals surface area (Å²) in [6, 6.07) is 16.5. The molecule has 1 saturated heterocycles. The van der Waals surface area contributed by atoms with Gasteiger partial charge in [-0.05, 0) is 61.7 Å². The van der Waals surface area contributed by atoms with E-state index in [0.29, 0.717) is 23.6 Å². The second kappa shape index (κ2) is 10.3. The average Bonchev–Trinajstić information content (AvgIpc) is 3.39. The maximum absolute atomic E-state index is 12.4. The number of anilines is 1. The zero-order valence-corrected chi connectivity index (χ0v) is 17.5. The smallest absolute Gasteiger partial charge is 0.291 e. The Morgan fingerprint density at radius 1 is 1.10 bits per heavy atom. The summed E-state index contributed by atoms with van der Waals surface area (Å²) >= 11 is 0. The van der Waals surface area contributed by atoms with E-state index in [0.717, 1.165) is 37.0 Å². The molecule has 4 rings (SSSR count). The molecular weight excluding hydrogens is 402 g/mol. The molecule has 1 aliphatic rings. The van der Waals surface area contributed by atoms with Gasteiger partial charge < -0.3 is 20.4 Å². The predicted molar refractivity (Wildman–Crippen MR) is 120 cm³/mol. The highest BCUT2D eigenvalue weighted by atomic mass is 35.5. The first-order chi connectivity index (χ1) is 14.2. The molecule has 0 aliphatic carbocycles. The summed E-state index contributed by atoms with van der Waals surface area (Å²) in [5.74, 6) is 0.667. The van der Waals surface area contributed by atoms with E-state index in [1.807, 2.05) is 36.4 Å². The van der Waals surface area contributed by atoms with Crippen LogP contribution in [0.1, 0.15) is 29.0 Å². The Labute approximate surface area is 181 Å². The number of halogens is 1. The van der Waals surface area contributed by atoms with E-state index in [-0.39, 0.29) is 30.0 Å². The van der Waals surface area contributed by atoms with Crippen LogP contribution in [0.3, 0.4) is 0 Å². The van der Waals surface area contributed by atoms with Gasteiger partial charge in [-0.2, -0.15) is 0 Å². The van der Waals surface area contributed by atoms with E-state index < -0.39 is 0 Å². The molecular formula is C23H26ClN3O3. The quantitative estimate of drug-likeness (QED) is 0.536. The summed E-state index contributed by atoms with van der Waals surface area (Å²) in [5.41, 5.74) is 2.25. The fourth-order valence-corrected chi connectivity index (χ4v) is 3.62. The van der Waals surface area contributed by atoms with E-state index in [2.05, 4.69) is 16.0 Å². The molecule has 2 heterocycles. The SMILES string of the molecule is Cl.O=C(Cc1ccc(NC(=O)c2cc3ccccc3o2)cc1)NCCC1CCNC1. The highest BCUT2D eigenvalue weighted by Gasteiger charge is 2.15. The molecule has 158 valence electrons. The molecule has 1 fully saturated rings. The summed E-state index contributed by atoms with van der Waals surface area (Å²) in [6.07, 6.45) is 2.54. The highest BCUT2D eigenvalue weighted by molar-refractivity contribution is 6.04. The minimum atomic E-state index is -0.298. The lowest BCUT2D eigenvalue weighted by atomic mass is 10.1. The lowest BCUT2D eigenvalue weighted by Crippen LogP contribution is -2.27. The first-order valence-corrected chi connectivity index (χ1v) is 10.0. The van der Waals surface area contributed by atoms with Gasteiger partial charge in [0.1, 0.15) is 5.58 Å². The number of nitrogens with one attached hydrogen (secondary N) is 3. The van der Waals surface area contributed by atoms with Gasteiger partial charge in [0.15, 0.2) is 5.76 Å². The van der Waals surface area contributed by atoms with Gasteiger partial charge in [0.05, 0.1) is 6.42 Å². The molecule has 6 nitrogen and oxygen atoms in total. The number of rotatable bonds is 7. The van der Waals surface area contributed by atoms with Crippen molar-refractivity contribution in [3.8, 4) is 0 Å². The Morgan fingerprint density at radius 3 is 2.63 bits per heavy atom. The van der Waals surface area contributed by atoms with Gasteiger partial charge in [0.2, 0.25) is 5.91 Å². The Bertz CT molecular complexity index is 961. The second-order valence-corrected chi connectivity index (χ2v) is 7.47. The lowest BCUT2D eigenvalue weighted by Gasteiger charge is -2.10. The summed E-state index contributed by atoms with van der Waals surface area (Å²) in [6.45, 7) is 2.85. The Kier molecular flexibility index (Phi) is 7.49. The minimum Gasteiger partial charge on any atom is -0.451 e. The molecule has 2 amide bonds. The molecule has 2 aromatic carbocycles. The maximum Gasteiger partial charge on any atom is 0.291 e. The molecule has 30 heavy (non-hydrogen) atoms. The lowest BCUT2D eigenvalue weighted by molar-refractivity contribution is -0.120. The molecule has 0 radical (unpaired) electrons. The summed E-state index contributed by atoms with van der Waals surface area (Å²) in [4.78, 5) is 24.5. The molecule has 1 unspecified atom stereocenters. The molecule has 1 aromatic heterocycles. The van der Waals surface area contributed by atoms with Crippen molar-refractivity contribution >= 4 is 40.9 Å². The van der Waals surface area contributed by atoms with E-state index >= 15 is 0 Å². The van der Waals surface area contributed by atoms with Crippen LogP contribution < -0.4 is 16.0 Å². The predicted octanol–water partition coefficient (Wildman–Crippen LogP) is 3.77. The van der Waals surface area contributed by atoms with Crippen LogP contribution in [0.5, 0.6) is 0 Å². The fraction of sp³-hybridized carbons (Fsp3) is 0.304. The van der Waals surface area contributed by atoms with Gasteiger partial charge in [-0.3, -0.25) is 9.59 Å². The summed E-state index contributed by atoms with van der Waals surface area (Å²) in [5, 5.41) is 10.0. The van der Waals surface area contributed by atoms with Crippen LogP contribution in [-0.4, -0.2) is 31.4 Å². The van der Waals surface area contributed by atoms with Crippen LogP contribution >= 0.6 is 12.4 Å². The standard InChI is InChI=1S/C23H25N3O3.ClH/c27-22(25-12-10-17-9-11-24-15-17)13-16-5-7-19(8-6-16)26-23(28)21-14-18-3-1-2-4-20(18)29-21;/h1-8,14,17,24H,9-13,15H2,(H,25,27)(H,26,28);1H. The zero-order chi connectivity index (χ0) is 20.1. The van der Waals surface area contributed by atoms with Crippen molar-refractivity contribution in [2.24, 2.45) is 5.92 Å². The molecule has 1 atom stereocenters. The largest absolute Gasteiger partial charge is 0.451 e. The third kappa shape index (κ3) is 5.62. The summed E-state index contributed by atoms with van der Waals surface area (Å²) in [7, 11) is 0. The van der Waals surface area contributed by atoms with Gasteiger partial charge >= 0.3 is 0 Å². The van der Waals surface area contributed by atoms with Crippen molar-refractivity contribution in [3.63, 3.8) is 0 Å². The Morgan fingerprint density at radius 2 is 1.90 bits per heavy atom. The normalized spacial score (nSPS) is 15.5. The van der Waals surface area contributed by atoms with E-state index in [1.165, 1.54) is 6.42 Å². The molecule has 3 N–H and O–H groups in total. The number of fused-ring (bicyclic) bond motifs is 1. The Balaban J connectivity index is 0.00000256. The molecule has 1 aliphatic heterocycles. The van der Waals surface area contributed by atoms with E-state index in [9.17, 15) is 9.59 Å². The number of furan rings is 1. The van der Waals surface area contributed by atoms with Crippen molar-refractivity contribution in [1.29, 1.82) is 0 Å². The monoisotopic (exact) mass is 427 g/mol. The summed E-state index contributed by atoms with van der Waals surface area (Å²) < 4.78 is 5.58. The molecule has 3 aromatic rings. The number of carbonyl (C=O) groups excluding carboxylic acids is 2. The first-order valence-electron chi connectivity index (χ1n) is 10.0. The number of para-hydroxylation sites is 1. The van der Waals surface area contributed by atoms with E-state index in [4.69, 9.17) is 4.42 Å². The van der Waals surface area contributed by atoms with Crippen LogP contribution in [-0.2, 0) is 11.2 Å². The first kappa shape index (κ1) is 21.9. The number of hydrogen-bond acceptors (Lipinski definition) is 4. The van der Waals surface area contributed by atoms with Crippen molar-refractivity contribution in [3.05, 3.63) is 65.9 Å². The molecule has 7 heteroatoms. The topological polar surface area (TPSA) is 83.4 Å². The minimum absolute atomic E-state index is 0. The van der Waals surface area contributed by atoms with Crippen LogP contribution in [0.2, 0.25) is 0 Å². The van der Waals surface area contributed by atoms with Crippen molar-refractivity contribution in [2.45, 2.75) is 19.3 Å². The number of benzene rings is 2. The van der Waals surface area contributed by atoms with Crippen molar-refractivity contribution < 1.29 is 14.0 Å². The highest BCUT2D eigenvalue weighted by Crippen LogP contribution is 2.20. The number of carbonyl (C=O) groups is 2. The van der Waals surface area contributed by atoms with Gasteiger partial charge in [-0.15, -0.1) is 12.4 Å².